The number of carbonyl (C=O) groups is 1. The number of carbonyl (C=O) groups excluding carboxylic acids is 1. The molecule has 0 unspecified atom stereocenters. The molecule has 170 valence electrons. The predicted molar refractivity (Wildman–Crippen MR) is 139 cm³/mol. The zero-order valence-electron chi connectivity index (χ0n) is 18.3. The first-order chi connectivity index (χ1) is 16.6. The Kier molecular flexibility index (Phi) is 6.17. The molecule has 0 aliphatic carbocycles. The lowest BCUT2D eigenvalue weighted by Crippen LogP contribution is -2.30. The van der Waals surface area contributed by atoms with E-state index in [1.165, 1.54) is 7.11 Å². The van der Waals surface area contributed by atoms with Crippen LogP contribution in [0.15, 0.2) is 95.7 Å². The van der Waals surface area contributed by atoms with Gasteiger partial charge in [0.15, 0.2) is 5.11 Å². The molecule has 34 heavy (non-hydrogen) atoms. The van der Waals surface area contributed by atoms with Crippen molar-refractivity contribution >= 4 is 44.9 Å². The van der Waals surface area contributed by atoms with Crippen molar-refractivity contribution < 1.29 is 9.53 Å². The quantitative estimate of drug-likeness (QED) is 0.266. The van der Waals surface area contributed by atoms with E-state index in [0.29, 0.717) is 10.7 Å². The third-order valence-electron chi connectivity index (χ3n) is 5.85. The first-order valence-electron chi connectivity index (χ1n) is 10.7. The number of anilines is 1. The van der Waals surface area contributed by atoms with Gasteiger partial charge in [0, 0.05) is 33.9 Å². The third-order valence-corrected chi connectivity index (χ3v) is 6.70. The van der Waals surface area contributed by atoms with Crippen LogP contribution in [0.1, 0.15) is 33.8 Å². The Morgan fingerprint density at radius 2 is 1.74 bits per heavy atom. The number of benzene rings is 2. The zero-order chi connectivity index (χ0) is 23.7. The molecule has 8 heteroatoms. The van der Waals surface area contributed by atoms with Crippen molar-refractivity contribution in [3.05, 3.63) is 113 Å². The van der Waals surface area contributed by atoms with E-state index in [4.69, 9.17) is 17.0 Å². The van der Waals surface area contributed by atoms with Crippen LogP contribution < -0.4 is 10.2 Å². The van der Waals surface area contributed by atoms with Crippen LogP contribution in [-0.4, -0.2) is 27.7 Å². The maximum atomic E-state index is 11.9. The summed E-state index contributed by atoms with van der Waals surface area (Å²) in [7, 11) is 1.38. The fourth-order valence-corrected chi connectivity index (χ4v) is 4.89. The molecule has 1 N–H and O–H groups in total. The number of nitrogens with one attached hydrogen (secondary N) is 1. The SMILES string of the molecule is COC(=O)c1ccc(-n2cccc2[C@@H]2[C@@H](c3ccccn3)NC(=S)N2c2ccc(Br)cc2)cc1. The Hall–Kier alpha value is -3.49. The number of rotatable bonds is 5. The fraction of sp³-hybridized carbons (Fsp3) is 0.115. The van der Waals surface area contributed by atoms with Crippen LogP contribution in [0.3, 0.4) is 0 Å². The van der Waals surface area contributed by atoms with Gasteiger partial charge in [-0.25, -0.2) is 4.79 Å². The Balaban J connectivity index is 1.61. The topological polar surface area (TPSA) is 59.4 Å². The van der Waals surface area contributed by atoms with Crippen LogP contribution >= 0.6 is 28.1 Å². The standard InChI is InChI=1S/C26H21BrN4O2S/c1-33-25(32)17-7-11-19(12-8-17)30-16-4-6-22(30)24-23(21-5-2-3-15-28-21)29-26(34)31(24)20-13-9-18(27)10-14-20/h2-16,23-24H,1H3,(H,29,34)/t23-,24-/m1/s1. The molecule has 6 nitrogen and oxygen atoms in total. The van der Waals surface area contributed by atoms with Gasteiger partial charge in [-0.15, -0.1) is 0 Å². The highest BCUT2D eigenvalue weighted by molar-refractivity contribution is 9.10. The molecule has 2 aromatic carbocycles. The monoisotopic (exact) mass is 532 g/mol. The number of pyridine rings is 1. The minimum atomic E-state index is -0.360. The molecule has 1 aliphatic rings. The molecule has 1 saturated heterocycles. The molecule has 3 heterocycles. The second kappa shape index (κ2) is 9.40. The normalized spacial score (nSPS) is 17.5. The lowest BCUT2D eigenvalue weighted by atomic mass is 10.0. The van der Waals surface area contributed by atoms with Gasteiger partial charge in [0.25, 0.3) is 0 Å². The van der Waals surface area contributed by atoms with Gasteiger partial charge in [0.05, 0.1) is 24.4 Å². The highest BCUT2D eigenvalue weighted by Gasteiger charge is 2.42. The van der Waals surface area contributed by atoms with Crippen LogP contribution in [-0.2, 0) is 4.74 Å². The molecule has 2 atom stereocenters. The van der Waals surface area contributed by atoms with Crippen molar-refractivity contribution in [2.45, 2.75) is 12.1 Å². The molecule has 0 radical (unpaired) electrons. The van der Waals surface area contributed by atoms with Crippen molar-refractivity contribution in [3.63, 3.8) is 0 Å². The first kappa shape index (κ1) is 22.3. The van der Waals surface area contributed by atoms with Gasteiger partial charge in [0.2, 0.25) is 0 Å². The molecule has 4 aromatic rings. The highest BCUT2D eigenvalue weighted by Crippen LogP contribution is 2.42. The fourth-order valence-electron chi connectivity index (χ4n) is 4.28. The number of ether oxygens (including phenoxy) is 1. The summed E-state index contributed by atoms with van der Waals surface area (Å²) in [5.74, 6) is -0.360. The summed E-state index contributed by atoms with van der Waals surface area (Å²) in [6.07, 6.45) is 3.81. The largest absolute Gasteiger partial charge is 0.465 e. The van der Waals surface area contributed by atoms with E-state index in [1.807, 2.05) is 66.9 Å². The third kappa shape index (κ3) is 4.10. The molecule has 1 fully saturated rings. The van der Waals surface area contributed by atoms with Crippen LogP contribution in [0.5, 0.6) is 0 Å². The minimum absolute atomic E-state index is 0.152. The van der Waals surface area contributed by atoms with Crippen LogP contribution in [0, 0.1) is 0 Å². The Bertz CT molecular complexity index is 1320. The Morgan fingerprint density at radius 3 is 2.41 bits per heavy atom. The van der Waals surface area contributed by atoms with E-state index in [-0.39, 0.29) is 18.1 Å². The van der Waals surface area contributed by atoms with Crippen molar-refractivity contribution in [2.24, 2.45) is 0 Å². The van der Waals surface area contributed by atoms with E-state index in [0.717, 1.165) is 27.2 Å². The lowest BCUT2D eigenvalue weighted by Gasteiger charge is -2.29. The summed E-state index contributed by atoms with van der Waals surface area (Å²) in [5.41, 5.74) is 4.37. The number of esters is 1. The second-order valence-corrected chi connectivity index (χ2v) is 9.12. The summed E-state index contributed by atoms with van der Waals surface area (Å²) in [5, 5.41) is 4.13. The second-order valence-electron chi connectivity index (χ2n) is 7.81. The zero-order valence-corrected chi connectivity index (χ0v) is 20.7. The number of hydrogen-bond donors (Lipinski definition) is 1. The molecular weight excluding hydrogens is 512 g/mol. The van der Waals surface area contributed by atoms with Gasteiger partial charge in [-0.2, -0.15) is 0 Å². The Labute approximate surface area is 211 Å². The van der Waals surface area contributed by atoms with Crippen molar-refractivity contribution in [1.82, 2.24) is 14.9 Å². The predicted octanol–water partition coefficient (Wildman–Crippen LogP) is 5.60. The van der Waals surface area contributed by atoms with Crippen molar-refractivity contribution in [3.8, 4) is 5.69 Å². The number of aromatic nitrogens is 2. The summed E-state index contributed by atoms with van der Waals surface area (Å²) >= 11 is 9.34. The minimum Gasteiger partial charge on any atom is -0.465 e. The van der Waals surface area contributed by atoms with Crippen LogP contribution in [0.4, 0.5) is 5.69 Å². The average Bonchev–Trinajstić information content (AvgIpc) is 3.49. The number of halogens is 1. The van der Waals surface area contributed by atoms with Gasteiger partial charge >= 0.3 is 5.97 Å². The van der Waals surface area contributed by atoms with E-state index in [2.05, 4.69) is 41.8 Å². The number of hydrogen-bond acceptors (Lipinski definition) is 4. The molecule has 5 rings (SSSR count). The lowest BCUT2D eigenvalue weighted by molar-refractivity contribution is 0.0600. The van der Waals surface area contributed by atoms with Crippen LogP contribution in [0.25, 0.3) is 5.69 Å². The maximum Gasteiger partial charge on any atom is 0.337 e. The van der Waals surface area contributed by atoms with Gasteiger partial charge in [-0.1, -0.05) is 22.0 Å². The molecule has 1 aliphatic heterocycles. The van der Waals surface area contributed by atoms with E-state index in [9.17, 15) is 4.79 Å². The summed E-state index contributed by atoms with van der Waals surface area (Å²) in [4.78, 5) is 18.6. The van der Waals surface area contributed by atoms with Gasteiger partial charge in [-0.05, 0) is 85.0 Å². The van der Waals surface area contributed by atoms with E-state index >= 15 is 0 Å². The Morgan fingerprint density at radius 1 is 1.00 bits per heavy atom. The summed E-state index contributed by atoms with van der Waals surface area (Å²) < 4.78 is 7.95. The van der Waals surface area contributed by atoms with E-state index in [1.54, 1.807) is 18.3 Å². The molecular formula is C26H21BrN4O2S. The van der Waals surface area contributed by atoms with Gasteiger partial charge in [-0.3, -0.25) is 4.98 Å². The molecule has 2 aromatic heterocycles. The average molecular weight is 533 g/mol. The first-order valence-corrected chi connectivity index (χ1v) is 11.9. The maximum absolute atomic E-state index is 11.9. The van der Waals surface area contributed by atoms with Gasteiger partial charge in [0.1, 0.15) is 6.04 Å². The molecule has 0 amide bonds. The molecule has 0 saturated carbocycles. The summed E-state index contributed by atoms with van der Waals surface area (Å²) in [6.45, 7) is 0. The molecule has 0 bridgehead atoms. The van der Waals surface area contributed by atoms with Crippen LogP contribution in [0.2, 0.25) is 0 Å². The van der Waals surface area contributed by atoms with Crippen molar-refractivity contribution in [1.29, 1.82) is 0 Å². The van der Waals surface area contributed by atoms with Crippen molar-refractivity contribution in [2.75, 3.05) is 12.0 Å². The highest BCUT2D eigenvalue weighted by atomic mass is 79.9. The number of thiocarbonyl (C=S) groups is 1. The van der Waals surface area contributed by atoms with E-state index < -0.39 is 0 Å². The number of nitrogens with zero attached hydrogens (tertiary/aromatic N) is 3. The van der Waals surface area contributed by atoms with Gasteiger partial charge < -0.3 is 19.5 Å². The molecule has 0 spiro atoms. The summed E-state index contributed by atoms with van der Waals surface area (Å²) in [6, 6.07) is 25.2. The number of methoxy groups -OCH3 is 1. The smallest absolute Gasteiger partial charge is 0.337 e.